The van der Waals surface area contributed by atoms with Gasteiger partial charge < -0.3 is 15.4 Å². The van der Waals surface area contributed by atoms with E-state index in [4.69, 9.17) is 10.5 Å². The van der Waals surface area contributed by atoms with E-state index < -0.39 is 0 Å². The van der Waals surface area contributed by atoms with Gasteiger partial charge in [0.25, 0.3) is 0 Å². The van der Waals surface area contributed by atoms with Gasteiger partial charge in [-0.3, -0.25) is 4.79 Å². The lowest BCUT2D eigenvalue weighted by Crippen LogP contribution is -2.40. The van der Waals surface area contributed by atoms with Crippen molar-refractivity contribution < 1.29 is 9.53 Å². The van der Waals surface area contributed by atoms with E-state index in [1.165, 1.54) is 0 Å². The summed E-state index contributed by atoms with van der Waals surface area (Å²) in [5.74, 6) is 0.939. The van der Waals surface area contributed by atoms with E-state index in [0.717, 1.165) is 16.9 Å². The fourth-order valence-corrected chi connectivity index (χ4v) is 2.10. The summed E-state index contributed by atoms with van der Waals surface area (Å²) in [6.07, 6.45) is 0.379. The van der Waals surface area contributed by atoms with Crippen LogP contribution < -0.4 is 10.5 Å². The van der Waals surface area contributed by atoms with E-state index in [9.17, 15) is 4.79 Å². The van der Waals surface area contributed by atoms with E-state index in [0.29, 0.717) is 26.1 Å². The van der Waals surface area contributed by atoms with Crippen molar-refractivity contribution in [2.24, 2.45) is 11.1 Å². The minimum absolute atomic E-state index is 0.0571. The molecule has 21 heavy (non-hydrogen) atoms. The molecule has 0 spiro atoms. The Morgan fingerprint density at radius 1 is 1.33 bits per heavy atom. The number of rotatable bonds is 7. The zero-order valence-corrected chi connectivity index (χ0v) is 13.9. The predicted molar refractivity (Wildman–Crippen MR) is 86.5 cm³/mol. The van der Waals surface area contributed by atoms with Gasteiger partial charge in [0, 0.05) is 13.6 Å². The second-order valence-electron chi connectivity index (χ2n) is 6.49. The fraction of sp³-hybridized carbons (Fsp3) is 0.588. The highest BCUT2D eigenvalue weighted by Gasteiger charge is 2.20. The van der Waals surface area contributed by atoms with Gasteiger partial charge in [0.15, 0.2) is 0 Å². The van der Waals surface area contributed by atoms with Crippen molar-refractivity contribution in [3.8, 4) is 5.75 Å². The Morgan fingerprint density at radius 3 is 2.62 bits per heavy atom. The van der Waals surface area contributed by atoms with Gasteiger partial charge >= 0.3 is 0 Å². The van der Waals surface area contributed by atoms with E-state index in [1.807, 2.05) is 33.0 Å². The normalized spacial score (nSPS) is 11.3. The maximum absolute atomic E-state index is 12.1. The van der Waals surface area contributed by atoms with Gasteiger partial charge in [0.1, 0.15) is 5.75 Å². The molecule has 0 saturated heterocycles. The fourth-order valence-electron chi connectivity index (χ4n) is 2.10. The van der Waals surface area contributed by atoms with Crippen LogP contribution in [0.3, 0.4) is 0 Å². The van der Waals surface area contributed by atoms with Crippen molar-refractivity contribution in [1.29, 1.82) is 0 Å². The summed E-state index contributed by atoms with van der Waals surface area (Å²) in [5, 5.41) is 0. The number of ether oxygens (including phenoxy) is 1. The first kappa shape index (κ1) is 17.5. The molecule has 118 valence electrons. The number of benzene rings is 1. The van der Waals surface area contributed by atoms with Gasteiger partial charge in [-0.25, -0.2) is 0 Å². The van der Waals surface area contributed by atoms with Crippen LogP contribution in [0.2, 0.25) is 0 Å². The van der Waals surface area contributed by atoms with Gasteiger partial charge in [-0.05, 0) is 43.0 Å². The Morgan fingerprint density at radius 2 is 2.00 bits per heavy atom. The number of carbonyl (C=O) groups excluding carboxylic acids is 1. The second kappa shape index (κ2) is 7.46. The number of nitrogens with zero attached hydrogens (tertiary/aromatic N) is 1. The molecule has 0 aliphatic rings. The van der Waals surface area contributed by atoms with Crippen molar-refractivity contribution in [2.45, 2.75) is 34.1 Å². The summed E-state index contributed by atoms with van der Waals surface area (Å²) in [5.41, 5.74) is 7.89. The molecule has 1 aromatic rings. The van der Waals surface area contributed by atoms with Crippen LogP contribution in [0.5, 0.6) is 5.75 Å². The molecule has 0 fully saturated rings. The Kier molecular flexibility index (Phi) is 6.21. The van der Waals surface area contributed by atoms with Gasteiger partial charge in [0.05, 0.1) is 13.0 Å². The van der Waals surface area contributed by atoms with E-state index in [-0.39, 0.29) is 11.3 Å². The van der Waals surface area contributed by atoms with Gasteiger partial charge in [0.2, 0.25) is 5.91 Å². The maximum atomic E-state index is 12.1. The van der Waals surface area contributed by atoms with Crippen molar-refractivity contribution in [3.05, 3.63) is 29.3 Å². The molecule has 0 heterocycles. The lowest BCUT2D eigenvalue weighted by Gasteiger charge is -2.29. The molecular formula is C17H28N2O2. The summed E-state index contributed by atoms with van der Waals surface area (Å²) in [6, 6.07) is 6.08. The highest BCUT2D eigenvalue weighted by molar-refractivity contribution is 5.76. The zero-order chi connectivity index (χ0) is 16.0. The van der Waals surface area contributed by atoms with Crippen molar-refractivity contribution in [3.63, 3.8) is 0 Å². The summed E-state index contributed by atoms with van der Waals surface area (Å²) in [6.45, 7) is 9.77. The molecule has 4 heteroatoms. The van der Waals surface area contributed by atoms with Gasteiger partial charge in [-0.1, -0.05) is 26.0 Å². The molecule has 1 aromatic carbocycles. The molecule has 0 atom stereocenters. The average Bonchev–Trinajstić information content (AvgIpc) is 2.42. The molecular weight excluding hydrogens is 264 g/mol. The number of aryl methyl sites for hydroxylation is 2. The number of carbonyl (C=O) groups is 1. The van der Waals surface area contributed by atoms with Crippen molar-refractivity contribution in [2.75, 3.05) is 26.7 Å². The molecule has 4 nitrogen and oxygen atoms in total. The smallest absolute Gasteiger partial charge is 0.225 e. The molecule has 0 aromatic heterocycles. The van der Waals surface area contributed by atoms with Crippen LogP contribution >= 0.6 is 0 Å². The summed E-state index contributed by atoms with van der Waals surface area (Å²) >= 11 is 0. The predicted octanol–water partition coefficient (Wildman–Crippen LogP) is 2.52. The molecule has 0 bridgehead atoms. The third-order valence-electron chi connectivity index (χ3n) is 3.56. The first-order valence-corrected chi connectivity index (χ1v) is 7.39. The summed E-state index contributed by atoms with van der Waals surface area (Å²) in [7, 11) is 1.82. The highest BCUT2D eigenvalue weighted by Crippen LogP contribution is 2.19. The lowest BCUT2D eigenvalue weighted by atomic mass is 9.93. The average molecular weight is 292 g/mol. The number of nitrogens with two attached hydrogens (primary N) is 1. The van der Waals surface area contributed by atoms with Gasteiger partial charge in [-0.15, -0.1) is 0 Å². The van der Waals surface area contributed by atoms with Crippen LogP contribution in [0.4, 0.5) is 0 Å². The Bertz CT molecular complexity index is 484. The second-order valence-corrected chi connectivity index (χ2v) is 6.49. The quantitative estimate of drug-likeness (QED) is 0.840. The minimum atomic E-state index is -0.0571. The number of hydrogen-bond acceptors (Lipinski definition) is 3. The number of hydrogen-bond donors (Lipinski definition) is 1. The largest absolute Gasteiger partial charge is 0.493 e. The van der Waals surface area contributed by atoms with Crippen LogP contribution in [0.25, 0.3) is 0 Å². The molecule has 0 aliphatic carbocycles. The molecule has 0 radical (unpaired) electrons. The topological polar surface area (TPSA) is 55.6 Å². The SMILES string of the molecule is Cc1ccc(C)c(OCCC(=O)N(C)CC(C)(C)CN)c1. The molecule has 0 unspecified atom stereocenters. The van der Waals surface area contributed by atoms with E-state index >= 15 is 0 Å². The minimum Gasteiger partial charge on any atom is -0.493 e. The van der Waals surface area contributed by atoms with E-state index in [2.05, 4.69) is 19.9 Å². The van der Waals surface area contributed by atoms with Crippen LogP contribution in [0, 0.1) is 19.3 Å². The van der Waals surface area contributed by atoms with E-state index in [1.54, 1.807) is 4.90 Å². The first-order chi connectivity index (χ1) is 9.75. The zero-order valence-electron chi connectivity index (χ0n) is 13.9. The van der Waals surface area contributed by atoms with Crippen LogP contribution in [0.1, 0.15) is 31.4 Å². The third kappa shape index (κ3) is 5.76. The van der Waals surface area contributed by atoms with Crippen molar-refractivity contribution >= 4 is 5.91 Å². The van der Waals surface area contributed by atoms with Gasteiger partial charge in [-0.2, -0.15) is 0 Å². The molecule has 0 saturated carbocycles. The highest BCUT2D eigenvalue weighted by atomic mass is 16.5. The third-order valence-corrected chi connectivity index (χ3v) is 3.56. The van der Waals surface area contributed by atoms with Crippen LogP contribution in [-0.4, -0.2) is 37.6 Å². The standard InChI is InChI=1S/C17H28N2O2/c1-13-6-7-14(2)15(10-13)21-9-8-16(20)19(5)12-17(3,4)11-18/h6-7,10H,8-9,11-12,18H2,1-5H3. The Balaban J connectivity index is 2.45. The first-order valence-electron chi connectivity index (χ1n) is 7.39. The molecule has 2 N–H and O–H groups in total. The molecule has 1 amide bonds. The van der Waals surface area contributed by atoms with Crippen LogP contribution in [0.15, 0.2) is 18.2 Å². The number of amides is 1. The van der Waals surface area contributed by atoms with Crippen molar-refractivity contribution in [1.82, 2.24) is 4.90 Å². The monoisotopic (exact) mass is 292 g/mol. The summed E-state index contributed by atoms with van der Waals surface area (Å²) in [4.78, 5) is 13.8. The molecule has 0 aliphatic heterocycles. The molecule has 1 rings (SSSR count). The lowest BCUT2D eigenvalue weighted by molar-refractivity contribution is -0.131. The maximum Gasteiger partial charge on any atom is 0.225 e. The Hall–Kier alpha value is -1.55. The van der Waals surface area contributed by atoms with Crippen LogP contribution in [-0.2, 0) is 4.79 Å². The summed E-state index contributed by atoms with van der Waals surface area (Å²) < 4.78 is 5.72. The Labute approximate surface area is 128 Å².